The monoisotopic (exact) mass is 312 g/mol. The Bertz CT molecular complexity index is 331. The Hall–Kier alpha value is -0.190. The molecule has 114 valence electrons. The van der Waals surface area contributed by atoms with E-state index in [0.717, 1.165) is 13.0 Å². The largest absolute Gasteiger partial charge is 0.296 e. The Labute approximate surface area is 133 Å². The number of rotatable bonds is 11. The zero-order valence-electron chi connectivity index (χ0n) is 13.1. The molecule has 4 heteroatoms. The van der Waals surface area contributed by atoms with Gasteiger partial charge in [-0.25, -0.2) is 0 Å². The van der Waals surface area contributed by atoms with Crippen LogP contribution >= 0.6 is 23.5 Å². The van der Waals surface area contributed by atoms with Crippen molar-refractivity contribution in [3.63, 3.8) is 0 Å². The van der Waals surface area contributed by atoms with Crippen LogP contribution in [0.25, 0.3) is 0 Å². The standard InChI is InChI=1S/C16H28N2S2/c1-4-15-7-8-16(17-13-15)14-18(9-11-19-5-2)10-12-20-6-3/h7-8,13H,4-6,9-12,14H2,1-3H3. The van der Waals surface area contributed by atoms with E-state index in [0.29, 0.717) is 0 Å². The molecule has 0 bridgehead atoms. The van der Waals surface area contributed by atoms with Crippen molar-refractivity contribution in [2.75, 3.05) is 36.1 Å². The van der Waals surface area contributed by atoms with Gasteiger partial charge in [0.05, 0.1) is 5.69 Å². The summed E-state index contributed by atoms with van der Waals surface area (Å²) < 4.78 is 0. The smallest absolute Gasteiger partial charge is 0.0544 e. The average molecular weight is 313 g/mol. The lowest BCUT2D eigenvalue weighted by Crippen LogP contribution is -2.28. The number of thioether (sulfide) groups is 2. The van der Waals surface area contributed by atoms with Crippen LogP contribution < -0.4 is 0 Å². The summed E-state index contributed by atoms with van der Waals surface area (Å²) in [6, 6.07) is 4.40. The zero-order chi connectivity index (χ0) is 14.6. The molecule has 0 aliphatic heterocycles. The first-order valence-electron chi connectivity index (χ1n) is 7.61. The van der Waals surface area contributed by atoms with Crippen LogP contribution in [-0.2, 0) is 13.0 Å². The number of hydrogen-bond donors (Lipinski definition) is 0. The minimum Gasteiger partial charge on any atom is -0.296 e. The first-order chi connectivity index (χ1) is 9.80. The van der Waals surface area contributed by atoms with Crippen LogP contribution in [0.5, 0.6) is 0 Å². The maximum Gasteiger partial charge on any atom is 0.0544 e. The van der Waals surface area contributed by atoms with Gasteiger partial charge in [-0.15, -0.1) is 0 Å². The summed E-state index contributed by atoms with van der Waals surface area (Å²) in [7, 11) is 0. The van der Waals surface area contributed by atoms with E-state index in [1.54, 1.807) is 0 Å². The molecule has 0 radical (unpaired) electrons. The molecule has 20 heavy (non-hydrogen) atoms. The van der Waals surface area contributed by atoms with Crippen molar-refractivity contribution in [2.45, 2.75) is 33.7 Å². The van der Waals surface area contributed by atoms with E-state index in [1.807, 2.05) is 29.7 Å². The van der Waals surface area contributed by atoms with Gasteiger partial charge in [0, 0.05) is 37.3 Å². The second kappa shape index (κ2) is 11.5. The van der Waals surface area contributed by atoms with Gasteiger partial charge < -0.3 is 0 Å². The normalized spacial score (nSPS) is 11.2. The fraction of sp³-hybridized carbons (Fsp3) is 0.688. The van der Waals surface area contributed by atoms with E-state index in [-0.39, 0.29) is 0 Å². The predicted molar refractivity (Wildman–Crippen MR) is 94.9 cm³/mol. The summed E-state index contributed by atoms with van der Waals surface area (Å²) in [6.45, 7) is 9.95. The Kier molecular flexibility index (Phi) is 10.2. The summed E-state index contributed by atoms with van der Waals surface area (Å²) in [5.41, 5.74) is 2.52. The van der Waals surface area contributed by atoms with Crippen LogP contribution in [0.15, 0.2) is 18.3 Å². The summed E-state index contributed by atoms with van der Waals surface area (Å²) in [5.74, 6) is 4.86. The molecule has 0 atom stereocenters. The zero-order valence-corrected chi connectivity index (χ0v) is 14.7. The summed E-state index contributed by atoms with van der Waals surface area (Å²) in [4.78, 5) is 7.13. The third kappa shape index (κ3) is 7.55. The molecule has 0 spiro atoms. The van der Waals surface area contributed by atoms with Crippen molar-refractivity contribution >= 4 is 23.5 Å². The highest BCUT2D eigenvalue weighted by atomic mass is 32.2. The molecule has 0 N–H and O–H groups in total. The minimum absolute atomic E-state index is 0.985. The molecule has 0 aromatic carbocycles. The average Bonchev–Trinajstić information content (AvgIpc) is 2.48. The highest BCUT2D eigenvalue weighted by Gasteiger charge is 2.07. The van der Waals surface area contributed by atoms with E-state index < -0.39 is 0 Å². The molecule has 0 saturated carbocycles. The molecule has 0 aliphatic carbocycles. The Morgan fingerprint density at radius 3 is 2.10 bits per heavy atom. The lowest BCUT2D eigenvalue weighted by atomic mass is 10.2. The SMILES string of the molecule is CCSCCN(CCSCC)Cc1ccc(CC)cn1. The second-order valence-corrected chi connectivity index (χ2v) is 7.47. The number of hydrogen-bond acceptors (Lipinski definition) is 4. The van der Waals surface area contributed by atoms with E-state index >= 15 is 0 Å². The van der Waals surface area contributed by atoms with Crippen LogP contribution in [0.2, 0.25) is 0 Å². The quantitative estimate of drug-likeness (QED) is 0.575. The molecule has 0 unspecified atom stereocenters. The second-order valence-electron chi connectivity index (χ2n) is 4.68. The Morgan fingerprint density at radius 1 is 1.00 bits per heavy atom. The molecule has 0 saturated heterocycles. The maximum atomic E-state index is 4.59. The van der Waals surface area contributed by atoms with Gasteiger partial charge in [0.2, 0.25) is 0 Å². The fourth-order valence-corrected chi connectivity index (χ4v) is 3.28. The molecule has 0 fully saturated rings. The van der Waals surface area contributed by atoms with Crippen LogP contribution in [-0.4, -0.2) is 46.0 Å². The number of nitrogens with zero attached hydrogens (tertiary/aromatic N) is 2. The minimum atomic E-state index is 0.985. The molecule has 2 nitrogen and oxygen atoms in total. The van der Waals surface area contributed by atoms with Gasteiger partial charge in [0.25, 0.3) is 0 Å². The van der Waals surface area contributed by atoms with E-state index in [4.69, 9.17) is 0 Å². The van der Waals surface area contributed by atoms with Gasteiger partial charge in [0.1, 0.15) is 0 Å². The van der Waals surface area contributed by atoms with Crippen molar-refractivity contribution in [3.8, 4) is 0 Å². The molecule has 0 amide bonds. The van der Waals surface area contributed by atoms with Crippen molar-refractivity contribution < 1.29 is 0 Å². The van der Waals surface area contributed by atoms with Gasteiger partial charge in [-0.3, -0.25) is 9.88 Å². The molecule has 1 heterocycles. The van der Waals surface area contributed by atoms with E-state index in [9.17, 15) is 0 Å². The van der Waals surface area contributed by atoms with Crippen LogP contribution in [0.3, 0.4) is 0 Å². The van der Waals surface area contributed by atoms with Gasteiger partial charge >= 0.3 is 0 Å². The first-order valence-corrected chi connectivity index (χ1v) is 9.92. The lowest BCUT2D eigenvalue weighted by Gasteiger charge is -2.21. The van der Waals surface area contributed by atoms with Crippen molar-refractivity contribution in [1.29, 1.82) is 0 Å². The topological polar surface area (TPSA) is 16.1 Å². The third-order valence-corrected chi connectivity index (χ3v) is 4.95. The van der Waals surface area contributed by atoms with E-state index in [1.165, 1.54) is 47.4 Å². The first kappa shape index (κ1) is 17.9. The Balaban J connectivity index is 2.47. The summed E-state index contributed by atoms with van der Waals surface area (Å²) in [5, 5.41) is 0. The van der Waals surface area contributed by atoms with Gasteiger partial charge in [0.15, 0.2) is 0 Å². The molecule has 1 aromatic heterocycles. The van der Waals surface area contributed by atoms with Crippen LogP contribution in [0.4, 0.5) is 0 Å². The Morgan fingerprint density at radius 2 is 1.65 bits per heavy atom. The van der Waals surface area contributed by atoms with Crippen molar-refractivity contribution in [3.05, 3.63) is 29.6 Å². The number of aromatic nitrogens is 1. The highest BCUT2D eigenvalue weighted by Crippen LogP contribution is 2.08. The van der Waals surface area contributed by atoms with Crippen LogP contribution in [0.1, 0.15) is 32.0 Å². The molecule has 0 aliphatic rings. The predicted octanol–water partition coefficient (Wildman–Crippen LogP) is 3.95. The van der Waals surface area contributed by atoms with Crippen molar-refractivity contribution in [1.82, 2.24) is 9.88 Å². The molecular weight excluding hydrogens is 284 g/mol. The third-order valence-electron chi connectivity index (χ3n) is 3.19. The summed E-state index contributed by atoms with van der Waals surface area (Å²) >= 11 is 4.05. The molecule has 1 rings (SSSR count). The fourth-order valence-electron chi connectivity index (χ4n) is 1.93. The van der Waals surface area contributed by atoms with Crippen molar-refractivity contribution in [2.24, 2.45) is 0 Å². The number of pyridine rings is 1. The van der Waals surface area contributed by atoms with Gasteiger partial charge in [-0.2, -0.15) is 23.5 Å². The van der Waals surface area contributed by atoms with Gasteiger partial charge in [-0.1, -0.05) is 26.8 Å². The van der Waals surface area contributed by atoms with Gasteiger partial charge in [-0.05, 0) is 29.6 Å². The highest BCUT2D eigenvalue weighted by molar-refractivity contribution is 7.99. The number of aryl methyl sites for hydroxylation is 1. The molecule has 1 aromatic rings. The van der Waals surface area contributed by atoms with Crippen LogP contribution in [0, 0.1) is 0 Å². The molecular formula is C16H28N2S2. The lowest BCUT2D eigenvalue weighted by molar-refractivity contribution is 0.297. The maximum absolute atomic E-state index is 4.59. The summed E-state index contributed by atoms with van der Waals surface area (Å²) in [6.07, 6.45) is 3.09. The van der Waals surface area contributed by atoms with E-state index in [2.05, 4.69) is 42.8 Å².